The van der Waals surface area contributed by atoms with Crippen molar-refractivity contribution in [1.29, 1.82) is 0 Å². The number of rotatable bonds is 6. The van der Waals surface area contributed by atoms with E-state index in [1.165, 1.54) is 19.2 Å². The van der Waals surface area contributed by atoms with Crippen LogP contribution in [0.15, 0.2) is 46.9 Å². The summed E-state index contributed by atoms with van der Waals surface area (Å²) in [5.74, 6) is -1.18. The molecule has 2 aromatic carbocycles. The van der Waals surface area contributed by atoms with Crippen LogP contribution in [0.3, 0.4) is 0 Å². The Hall–Kier alpha value is -1.92. The quantitative estimate of drug-likeness (QED) is 0.702. The second kappa shape index (κ2) is 8.97. The lowest BCUT2D eigenvalue weighted by Crippen LogP contribution is -2.31. The maximum Gasteiger partial charge on any atom is 0.307 e. The molecule has 132 valence electrons. The van der Waals surface area contributed by atoms with Gasteiger partial charge in [0.1, 0.15) is 5.82 Å². The number of halogens is 3. The molecule has 1 unspecified atom stereocenters. The molecule has 25 heavy (non-hydrogen) atoms. The number of benzene rings is 2. The van der Waals surface area contributed by atoms with Gasteiger partial charge in [-0.2, -0.15) is 0 Å². The highest BCUT2D eigenvalue weighted by atomic mass is 79.9. The highest BCUT2D eigenvalue weighted by Gasteiger charge is 2.21. The van der Waals surface area contributed by atoms with Crippen LogP contribution in [0.2, 0.25) is 5.02 Å². The Morgan fingerprint density at radius 3 is 2.64 bits per heavy atom. The predicted molar refractivity (Wildman–Crippen MR) is 96.8 cm³/mol. The Balaban J connectivity index is 2.15. The van der Waals surface area contributed by atoms with Crippen LogP contribution in [-0.2, 0) is 20.7 Å². The molecule has 1 N–H and O–H groups in total. The number of hydrogen-bond acceptors (Lipinski definition) is 3. The third-order valence-corrected chi connectivity index (χ3v) is 4.51. The summed E-state index contributed by atoms with van der Waals surface area (Å²) in [6.07, 6.45) is 0.0000901. The topological polar surface area (TPSA) is 55.4 Å². The van der Waals surface area contributed by atoms with E-state index in [-0.39, 0.29) is 23.2 Å². The Kier molecular flexibility index (Phi) is 6.96. The Morgan fingerprint density at radius 1 is 1.28 bits per heavy atom. The largest absolute Gasteiger partial charge is 0.469 e. The first-order valence-corrected chi connectivity index (χ1v) is 8.62. The molecule has 2 aromatic rings. The van der Waals surface area contributed by atoms with Gasteiger partial charge < -0.3 is 10.1 Å². The Morgan fingerprint density at radius 2 is 2.00 bits per heavy atom. The predicted octanol–water partition coefficient (Wildman–Crippen LogP) is 4.20. The van der Waals surface area contributed by atoms with Crippen molar-refractivity contribution in [3.8, 4) is 0 Å². The summed E-state index contributed by atoms with van der Waals surface area (Å²) in [5, 5.41) is 3.23. The lowest BCUT2D eigenvalue weighted by atomic mass is 10.0. The highest BCUT2D eigenvalue weighted by molar-refractivity contribution is 9.10. The van der Waals surface area contributed by atoms with E-state index in [1.807, 2.05) is 0 Å². The second-order valence-electron chi connectivity index (χ2n) is 5.35. The maximum atomic E-state index is 13.3. The number of esters is 1. The van der Waals surface area contributed by atoms with Gasteiger partial charge in [0, 0.05) is 5.02 Å². The molecule has 7 heteroatoms. The van der Waals surface area contributed by atoms with Crippen molar-refractivity contribution in [2.24, 2.45) is 0 Å². The lowest BCUT2D eigenvalue weighted by molar-refractivity contribution is -0.141. The summed E-state index contributed by atoms with van der Waals surface area (Å²) >= 11 is 9.27. The Labute approximate surface area is 158 Å². The summed E-state index contributed by atoms with van der Waals surface area (Å²) in [5.41, 5.74) is 1.27. The van der Waals surface area contributed by atoms with E-state index in [4.69, 9.17) is 11.6 Å². The molecule has 0 aliphatic heterocycles. The fourth-order valence-corrected chi connectivity index (χ4v) is 3.02. The van der Waals surface area contributed by atoms with Crippen LogP contribution in [0, 0.1) is 5.82 Å². The molecule has 0 saturated carbocycles. The average molecular weight is 429 g/mol. The summed E-state index contributed by atoms with van der Waals surface area (Å²) in [4.78, 5) is 24.0. The minimum Gasteiger partial charge on any atom is -0.469 e. The van der Waals surface area contributed by atoms with Crippen molar-refractivity contribution in [3.05, 3.63) is 68.9 Å². The summed E-state index contributed by atoms with van der Waals surface area (Å²) in [6, 6.07) is 10.7. The standard InChI is InChI=1S/C18H16BrClFNO3/c1-25-18(24)10-16(12-4-2-3-5-14(12)20)22-17(23)9-11-6-7-15(21)13(19)8-11/h2-8,16H,9-10H2,1H3,(H,22,23). The van der Waals surface area contributed by atoms with Crippen LogP contribution < -0.4 is 5.32 Å². The lowest BCUT2D eigenvalue weighted by Gasteiger charge is -2.19. The molecule has 1 atom stereocenters. The van der Waals surface area contributed by atoms with Crippen LogP contribution in [-0.4, -0.2) is 19.0 Å². The van der Waals surface area contributed by atoms with Gasteiger partial charge in [0.2, 0.25) is 5.91 Å². The van der Waals surface area contributed by atoms with Crippen LogP contribution >= 0.6 is 27.5 Å². The van der Waals surface area contributed by atoms with E-state index in [0.717, 1.165) is 0 Å². The SMILES string of the molecule is COC(=O)CC(NC(=O)Cc1ccc(F)c(Br)c1)c1ccccc1Cl. The molecule has 0 bridgehead atoms. The number of amides is 1. The van der Waals surface area contributed by atoms with Crippen molar-refractivity contribution in [2.75, 3.05) is 7.11 Å². The van der Waals surface area contributed by atoms with Gasteiger partial charge in [-0.3, -0.25) is 9.59 Å². The minimum atomic E-state index is -0.613. The van der Waals surface area contributed by atoms with Crippen molar-refractivity contribution in [2.45, 2.75) is 18.9 Å². The van der Waals surface area contributed by atoms with E-state index in [1.54, 1.807) is 30.3 Å². The molecule has 0 saturated heterocycles. The Bertz CT molecular complexity index is 785. The second-order valence-corrected chi connectivity index (χ2v) is 6.61. The molecular weight excluding hydrogens is 413 g/mol. The molecule has 0 aliphatic carbocycles. The van der Waals surface area contributed by atoms with Crippen molar-refractivity contribution in [3.63, 3.8) is 0 Å². The molecule has 4 nitrogen and oxygen atoms in total. The zero-order valence-electron chi connectivity index (χ0n) is 13.4. The number of hydrogen-bond donors (Lipinski definition) is 1. The minimum absolute atomic E-state index is 0.0426. The molecule has 0 heterocycles. The molecule has 0 aliphatic rings. The van der Waals surface area contributed by atoms with E-state index < -0.39 is 17.8 Å². The summed E-state index contributed by atoms with van der Waals surface area (Å²) in [7, 11) is 1.28. The van der Waals surface area contributed by atoms with E-state index in [9.17, 15) is 14.0 Å². The van der Waals surface area contributed by atoms with Crippen LogP contribution in [0.5, 0.6) is 0 Å². The normalized spacial score (nSPS) is 11.7. The van der Waals surface area contributed by atoms with Gasteiger partial charge in [0.15, 0.2) is 0 Å². The fourth-order valence-electron chi connectivity index (χ4n) is 2.33. The molecule has 0 spiro atoms. The first kappa shape index (κ1) is 19.4. The zero-order valence-corrected chi connectivity index (χ0v) is 15.7. The van der Waals surface area contributed by atoms with E-state index >= 15 is 0 Å². The third-order valence-electron chi connectivity index (χ3n) is 3.56. The van der Waals surface area contributed by atoms with Crippen molar-refractivity contribution < 1.29 is 18.7 Å². The van der Waals surface area contributed by atoms with Crippen molar-refractivity contribution >= 4 is 39.4 Å². The average Bonchev–Trinajstić information content (AvgIpc) is 2.58. The van der Waals surface area contributed by atoms with Gasteiger partial charge in [-0.05, 0) is 45.3 Å². The monoisotopic (exact) mass is 427 g/mol. The van der Waals surface area contributed by atoms with E-state index in [2.05, 4.69) is 26.0 Å². The van der Waals surface area contributed by atoms with Crippen molar-refractivity contribution in [1.82, 2.24) is 5.32 Å². The number of methoxy groups -OCH3 is 1. The fraction of sp³-hybridized carbons (Fsp3) is 0.222. The first-order chi connectivity index (χ1) is 11.9. The van der Waals surface area contributed by atoms with Crippen LogP contribution in [0.1, 0.15) is 23.6 Å². The van der Waals surface area contributed by atoms with Crippen LogP contribution in [0.25, 0.3) is 0 Å². The number of ether oxygens (including phenoxy) is 1. The summed E-state index contributed by atoms with van der Waals surface area (Å²) in [6.45, 7) is 0. The molecule has 0 aromatic heterocycles. The zero-order chi connectivity index (χ0) is 18.4. The number of carbonyl (C=O) groups excluding carboxylic acids is 2. The molecule has 1 amide bonds. The van der Waals surface area contributed by atoms with Gasteiger partial charge in [0.25, 0.3) is 0 Å². The summed E-state index contributed by atoms with van der Waals surface area (Å²) < 4.78 is 18.3. The highest BCUT2D eigenvalue weighted by Crippen LogP contribution is 2.25. The first-order valence-electron chi connectivity index (χ1n) is 7.45. The molecular formula is C18H16BrClFNO3. The smallest absolute Gasteiger partial charge is 0.307 e. The van der Waals surface area contributed by atoms with Crippen LogP contribution in [0.4, 0.5) is 4.39 Å². The third kappa shape index (κ3) is 5.54. The van der Waals surface area contributed by atoms with E-state index in [0.29, 0.717) is 16.1 Å². The maximum absolute atomic E-state index is 13.3. The molecule has 0 fully saturated rings. The van der Waals surface area contributed by atoms with Gasteiger partial charge in [-0.15, -0.1) is 0 Å². The number of nitrogens with one attached hydrogen (secondary N) is 1. The number of carbonyl (C=O) groups is 2. The molecule has 0 radical (unpaired) electrons. The van der Waals surface area contributed by atoms with Gasteiger partial charge >= 0.3 is 5.97 Å². The molecule has 2 rings (SSSR count). The van der Waals surface area contributed by atoms with Gasteiger partial charge in [-0.25, -0.2) is 4.39 Å². The van der Waals surface area contributed by atoms with Gasteiger partial charge in [0.05, 0.1) is 30.5 Å². The van der Waals surface area contributed by atoms with Gasteiger partial charge in [-0.1, -0.05) is 35.9 Å².